The monoisotopic (exact) mass is 265 g/mol. The lowest BCUT2D eigenvalue weighted by Gasteiger charge is -2.20. The van der Waals surface area contributed by atoms with Crippen LogP contribution in [0.3, 0.4) is 0 Å². The van der Waals surface area contributed by atoms with E-state index in [4.69, 9.17) is 5.73 Å². The minimum Gasteiger partial charge on any atom is -0.373 e. The van der Waals surface area contributed by atoms with E-state index >= 15 is 0 Å². The van der Waals surface area contributed by atoms with Crippen LogP contribution in [-0.4, -0.2) is 29.0 Å². The number of nitrogens with zero attached hydrogens (tertiary/aromatic N) is 2. The molecule has 1 heterocycles. The lowest BCUT2D eigenvalue weighted by molar-refractivity contribution is -0.119. The van der Waals surface area contributed by atoms with Crippen LogP contribution >= 0.6 is 0 Å². The Balaban J connectivity index is 2.98. The molecule has 0 bridgehead atoms. The predicted molar refractivity (Wildman–Crippen MR) is 77.0 cm³/mol. The molecule has 0 saturated heterocycles. The van der Waals surface area contributed by atoms with Gasteiger partial charge in [-0.2, -0.15) is 0 Å². The van der Waals surface area contributed by atoms with Gasteiger partial charge in [-0.3, -0.25) is 4.79 Å². The molecule has 4 N–H and O–H groups in total. The van der Waals surface area contributed by atoms with Crippen LogP contribution in [0.5, 0.6) is 0 Å². The molecule has 6 nitrogen and oxygen atoms in total. The molecule has 1 atom stereocenters. The summed E-state index contributed by atoms with van der Waals surface area (Å²) in [4.78, 5) is 20.2. The molecule has 106 valence electrons. The molecule has 1 amide bonds. The van der Waals surface area contributed by atoms with Crippen LogP contribution in [0.25, 0.3) is 0 Å². The topological polar surface area (TPSA) is 92.9 Å². The number of carbonyl (C=O) groups is 1. The van der Waals surface area contributed by atoms with Gasteiger partial charge in [0.1, 0.15) is 23.5 Å². The number of aromatic nitrogens is 2. The van der Waals surface area contributed by atoms with Gasteiger partial charge in [-0.05, 0) is 12.3 Å². The number of hydrogen-bond acceptors (Lipinski definition) is 5. The predicted octanol–water partition coefficient (Wildman–Crippen LogP) is 1.39. The standard InChI is InChI=1S/C13H23N5O/c1-5-6-9-16-10(15-4)7-11(17-9)18-12(8(2)3)13(14)19/h7-8,12H,5-6H2,1-4H3,(H2,14,19)(H2,15,16,17,18). The number of anilines is 2. The molecule has 0 radical (unpaired) electrons. The largest absolute Gasteiger partial charge is 0.373 e. The number of hydrogen-bond donors (Lipinski definition) is 3. The van der Waals surface area contributed by atoms with Crippen LogP contribution in [0.15, 0.2) is 6.07 Å². The molecule has 19 heavy (non-hydrogen) atoms. The Morgan fingerprint density at radius 2 is 2.00 bits per heavy atom. The molecule has 0 aromatic carbocycles. The zero-order valence-electron chi connectivity index (χ0n) is 12.0. The third-order valence-corrected chi connectivity index (χ3v) is 2.78. The molecule has 0 spiro atoms. The van der Waals surface area contributed by atoms with Gasteiger partial charge in [0.2, 0.25) is 5.91 Å². The average Bonchev–Trinajstić information content (AvgIpc) is 2.35. The van der Waals surface area contributed by atoms with E-state index in [-0.39, 0.29) is 11.8 Å². The summed E-state index contributed by atoms with van der Waals surface area (Å²) in [6, 6.07) is 1.34. The Morgan fingerprint density at radius 3 is 2.47 bits per heavy atom. The molecule has 1 rings (SSSR count). The van der Waals surface area contributed by atoms with Gasteiger partial charge in [-0.25, -0.2) is 9.97 Å². The van der Waals surface area contributed by atoms with E-state index in [0.29, 0.717) is 5.82 Å². The maximum Gasteiger partial charge on any atom is 0.240 e. The normalized spacial score (nSPS) is 12.3. The lowest BCUT2D eigenvalue weighted by atomic mass is 10.0. The number of rotatable bonds is 7. The molecule has 0 saturated carbocycles. The molecular formula is C13H23N5O. The van der Waals surface area contributed by atoms with E-state index in [0.717, 1.165) is 24.5 Å². The van der Waals surface area contributed by atoms with Crippen molar-refractivity contribution in [1.29, 1.82) is 0 Å². The molecule has 1 aromatic heterocycles. The van der Waals surface area contributed by atoms with Gasteiger partial charge >= 0.3 is 0 Å². The molecule has 0 aliphatic carbocycles. The number of amides is 1. The van der Waals surface area contributed by atoms with E-state index in [1.165, 1.54) is 0 Å². The summed E-state index contributed by atoms with van der Waals surface area (Å²) in [5, 5.41) is 6.08. The van der Waals surface area contributed by atoms with Crippen molar-refractivity contribution in [2.45, 2.75) is 39.7 Å². The zero-order valence-corrected chi connectivity index (χ0v) is 12.0. The number of nitrogens with one attached hydrogen (secondary N) is 2. The third-order valence-electron chi connectivity index (χ3n) is 2.78. The van der Waals surface area contributed by atoms with Crippen LogP contribution in [0, 0.1) is 5.92 Å². The second kappa shape index (κ2) is 6.92. The second-order valence-corrected chi connectivity index (χ2v) is 4.82. The van der Waals surface area contributed by atoms with Crippen LogP contribution in [0.4, 0.5) is 11.6 Å². The van der Waals surface area contributed by atoms with Crippen molar-refractivity contribution in [3.05, 3.63) is 11.9 Å². The van der Waals surface area contributed by atoms with Crippen LogP contribution < -0.4 is 16.4 Å². The van der Waals surface area contributed by atoms with E-state index in [9.17, 15) is 4.79 Å². The van der Waals surface area contributed by atoms with Crippen LogP contribution in [0.1, 0.15) is 33.0 Å². The first kappa shape index (κ1) is 15.2. The summed E-state index contributed by atoms with van der Waals surface area (Å²) >= 11 is 0. The first-order valence-corrected chi connectivity index (χ1v) is 6.59. The van der Waals surface area contributed by atoms with Gasteiger partial charge in [-0.1, -0.05) is 20.8 Å². The highest BCUT2D eigenvalue weighted by molar-refractivity contribution is 5.83. The first-order chi connectivity index (χ1) is 8.97. The molecule has 0 aliphatic heterocycles. The second-order valence-electron chi connectivity index (χ2n) is 4.82. The van der Waals surface area contributed by atoms with Crippen LogP contribution in [0.2, 0.25) is 0 Å². The SMILES string of the molecule is CCCc1nc(NC)cc(NC(C(N)=O)C(C)C)n1. The fourth-order valence-electron chi connectivity index (χ4n) is 1.76. The molecular weight excluding hydrogens is 242 g/mol. The van der Waals surface area contributed by atoms with Gasteiger partial charge in [-0.15, -0.1) is 0 Å². The summed E-state index contributed by atoms with van der Waals surface area (Å²) < 4.78 is 0. The van der Waals surface area contributed by atoms with Gasteiger partial charge in [0.05, 0.1) is 0 Å². The molecule has 6 heteroatoms. The number of nitrogens with two attached hydrogens (primary N) is 1. The third kappa shape index (κ3) is 4.39. The maximum absolute atomic E-state index is 11.4. The van der Waals surface area contributed by atoms with Crippen molar-refractivity contribution in [1.82, 2.24) is 9.97 Å². The number of aryl methyl sites for hydroxylation is 1. The van der Waals surface area contributed by atoms with Crippen molar-refractivity contribution >= 4 is 17.5 Å². The summed E-state index contributed by atoms with van der Waals surface area (Å²) in [6.45, 7) is 5.95. The Morgan fingerprint density at radius 1 is 1.37 bits per heavy atom. The molecule has 0 aliphatic rings. The van der Waals surface area contributed by atoms with Gasteiger partial charge < -0.3 is 16.4 Å². The highest BCUT2D eigenvalue weighted by Crippen LogP contribution is 2.15. The average molecular weight is 265 g/mol. The van der Waals surface area contributed by atoms with Crippen molar-refractivity contribution in [3.63, 3.8) is 0 Å². The van der Waals surface area contributed by atoms with E-state index in [1.54, 1.807) is 13.1 Å². The Hall–Kier alpha value is -1.85. The molecule has 1 aromatic rings. The van der Waals surface area contributed by atoms with Crippen LogP contribution in [-0.2, 0) is 11.2 Å². The fourth-order valence-corrected chi connectivity index (χ4v) is 1.76. The van der Waals surface area contributed by atoms with E-state index < -0.39 is 6.04 Å². The zero-order chi connectivity index (χ0) is 14.4. The van der Waals surface area contributed by atoms with Gasteiger partial charge in [0.25, 0.3) is 0 Å². The fraction of sp³-hybridized carbons (Fsp3) is 0.615. The summed E-state index contributed by atoms with van der Waals surface area (Å²) in [5.74, 6) is 1.83. The Kier molecular flexibility index (Phi) is 5.54. The highest BCUT2D eigenvalue weighted by Gasteiger charge is 2.20. The van der Waals surface area contributed by atoms with Crippen molar-refractivity contribution in [3.8, 4) is 0 Å². The summed E-state index contributed by atoms with van der Waals surface area (Å²) in [7, 11) is 1.80. The minimum atomic E-state index is -0.436. The number of carbonyl (C=O) groups excluding carboxylic acids is 1. The summed E-state index contributed by atoms with van der Waals surface area (Å²) in [5.41, 5.74) is 5.39. The van der Waals surface area contributed by atoms with E-state index in [2.05, 4.69) is 27.5 Å². The van der Waals surface area contributed by atoms with Gasteiger partial charge in [0.15, 0.2) is 0 Å². The summed E-state index contributed by atoms with van der Waals surface area (Å²) in [6.07, 6.45) is 1.77. The lowest BCUT2D eigenvalue weighted by Crippen LogP contribution is -2.39. The Labute approximate surface area is 114 Å². The Bertz CT molecular complexity index is 433. The number of primary amides is 1. The van der Waals surface area contributed by atoms with Crippen molar-refractivity contribution in [2.75, 3.05) is 17.7 Å². The molecule has 1 unspecified atom stereocenters. The highest BCUT2D eigenvalue weighted by atomic mass is 16.1. The van der Waals surface area contributed by atoms with E-state index in [1.807, 2.05) is 13.8 Å². The van der Waals surface area contributed by atoms with Crippen molar-refractivity contribution in [2.24, 2.45) is 11.7 Å². The minimum absolute atomic E-state index is 0.0973. The smallest absolute Gasteiger partial charge is 0.240 e. The van der Waals surface area contributed by atoms with Crippen molar-refractivity contribution < 1.29 is 4.79 Å². The maximum atomic E-state index is 11.4. The first-order valence-electron chi connectivity index (χ1n) is 6.59. The molecule has 0 fully saturated rings. The van der Waals surface area contributed by atoms with Gasteiger partial charge in [0, 0.05) is 19.5 Å². The quantitative estimate of drug-likeness (QED) is 0.693.